The van der Waals surface area contributed by atoms with Crippen LogP contribution < -0.4 is 5.32 Å². The van der Waals surface area contributed by atoms with E-state index in [0.29, 0.717) is 0 Å². The highest BCUT2D eigenvalue weighted by atomic mass is 15.1. The van der Waals surface area contributed by atoms with E-state index < -0.39 is 0 Å². The Kier molecular flexibility index (Phi) is 6.16. The lowest BCUT2D eigenvalue weighted by Crippen LogP contribution is -2.01. The third-order valence-electron chi connectivity index (χ3n) is 4.27. The quantitative estimate of drug-likeness (QED) is 0.342. The minimum absolute atomic E-state index is 0.865. The SMILES string of the molecule is CCCCCCNc1ccc2ccccc2c1N=Nc1ccccc1. The zero-order valence-electron chi connectivity index (χ0n) is 14.8. The molecule has 0 aliphatic rings. The standard InChI is InChI=1S/C22H25N3/c1-2-3-4-10-17-23-21-16-15-18-11-8-9-14-20(18)22(21)25-24-19-12-6-5-7-13-19/h5-9,11-16,23H,2-4,10,17H2,1H3. The van der Waals surface area contributed by atoms with Gasteiger partial charge in [0.2, 0.25) is 0 Å². The third kappa shape index (κ3) is 4.66. The highest BCUT2D eigenvalue weighted by molar-refractivity contribution is 5.98. The first-order valence-corrected chi connectivity index (χ1v) is 9.11. The summed E-state index contributed by atoms with van der Waals surface area (Å²) >= 11 is 0. The van der Waals surface area contributed by atoms with Crippen molar-refractivity contribution in [3.63, 3.8) is 0 Å². The van der Waals surface area contributed by atoms with Crippen LogP contribution in [0.3, 0.4) is 0 Å². The van der Waals surface area contributed by atoms with E-state index in [1.165, 1.54) is 31.1 Å². The summed E-state index contributed by atoms with van der Waals surface area (Å²) in [6.07, 6.45) is 4.99. The van der Waals surface area contributed by atoms with Crippen LogP contribution in [0.5, 0.6) is 0 Å². The number of azo groups is 1. The molecule has 0 saturated heterocycles. The second-order valence-corrected chi connectivity index (χ2v) is 6.21. The Morgan fingerprint density at radius 1 is 0.760 bits per heavy atom. The van der Waals surface area contributed by atoms with E-state index in [-0.39, 0.29) is 0 Å². The number of anilines is 1. The number of hydrogen-bond acceptors (Lipinski definition) is 3. The number of benzene rings is 3. The fourth-order valence-corrected chi connectivity index (χ4v) is 2.88. The zero-order valence-corrected chi connectivity index (χ0v) is 14.8. The number of fused-ring (bicyclic) bond motifs is 1. The zero-order chi connectivity index (χ0) is 17.3. The summed E-state index contributed by atoms with van der Waals surface area (Å²) in [7, 11) is 0. The van der Waals surface area contributed by atoms with Crippen molar-refractivity contribution in [1.29, 1.82) is 0 Å². The van der Waals surface area contributed by atoms with Gasteiger partial charge in [0, 0.05) is 11.9 Å². The van der Waals surface area contributed by atoms with Crippen LogP contribution in [0.4, 0.5) is 17.1 Å². The van der Waals surface area contributed by atoms with Crippen molar-refractivity contribution < 1.29 is 0 Å². The summed E-state index contributed by atoms with van der Waals surface area (Å²) in [5.41, 5.74) is 2.83. The summed E-state index contributed by atoms with van der Waals surface area (Å²) in [5, 5.41) is 14.9. The summed E-state index contributed by atoms with van der Waals surface area (Å²) in [6.45, 7) is 3.20. The Balaban J connectivity index is 1.86. The molecule has 0 radical (unpaired) electrons. The number of rotatable bonds is 8. The molecule has 3 aromatic carbocycles. The van der Waals surface area contributed by atoms with Crippen LogP contribution in [-0.2, 0) is 0 Å². The van der Waals surface area contributed by atoms with Crippen LogP contribution in [0.25, 0.3) is 10.8 Å². The largest absolute Gasteiger partial charge is 0.383 e. The van der Waals surface area contributed by atoms with Crippen molar-refractivity contribution >= 4 is 27.8 Å². The second kappa shape index (κ2) is 8.97. The van der Waals surface area contributed by atoms with Crippen LogP contribution in [0.15, 0.2) is 77.0 Å². The van der Waals surface area contributed by atoms with Crippen molar-refractivity contribution in [2.24, 2.45) is 10.2 Å². The molecule has 1 N–H and O–H groups in total. The number of hydrogen-bond donors (Lipinski definition) is 1. The van der Waals surface area contributed by atoms with Gasteiger partial charge in [-0.2, -0.15) is 5.11 Å². The lowest BCUT2D eigenvalue weighted by molar-refractivity contribution is 0.685. The maximum absolute atomic E-state index is 4.58. The molecule has 0 unspecified atom stereocenters. The number of nitrogens with zero attached hydrogens (tertiary/aromatic N) is 2. The lowest BCUT2D eigenvalue weighted by atomic mass is 10.1. The fourth-order valence-electron chi connectivity index (χ4n) is 2.88. The molecule has 3 aromatic rings. The van der Waals surface area contributed by atoms with E-state index >= 15 is 0 Å². The summed E-state index contributed by atoms with van der Waals surface area (Å²) in [4.78, 5) is 0. The van der Waals surface area contributed by atoms with Gasteiger partial charge in [-0.05, 0) is 30.0 Å². The molecule has 0 saturated carbocycles. The second-order valence-electron chi connectivity index (χ2n) is 6.21. The number of unbranched alkanes of at least 4 members (excludes halogenated alkanes) is 3. The number of nitrogens with one attached hydrogen (secondary N) is 1. The van der Waals surface area contributed by atoms with E-state index in [0.717, 1.165) is 29.0 Å². The van der Waals surface area contributed by atoms with Gasteiger partial charge in [0.1, 0.15) is 5.69 Å². The predicted molar refractivity (Wildman–Crippen MR) is 107 cm³/mol. The average molecular weight is 331 g/mol. The molecule has 0 heterocycles. The molecule has 0 bridgehead atoms. The highest BCUT2D eigenvalue weighted by Gasteiger charge is 2.07. The molecular formula is C22H25N3. The normalized spacial score (nSPS) is 11.2. The summed E-state index contributed by atoms with van der Waals surface area (Å²) in [5.74, 6) is 0. The molecule has 0 aliphatic carbocycles. The van der Waals surface area contributed by atoms with Crippen molar-refractivity contribution in [2.75, 3.05) is 11.9 Å². The van der Waals surface area contributed by atoms with Gasteiger partial charge >= 0.3 is 0 Å². The van der Waals surface area contributed by atoms with Crippen LogP contribution in [0.1, 0.15) is 32.6 Å². The van der Waals surface area contributed by atoms with Crippen molar-refractivity contribution in [1.82, 2.24) is 0 Å². The van der Waals surface area contributed by atoms with Crippen LogP contribution >= 0.6 is 0 Å². The smallest absolute Gasteiger partial charge is 0.117 e. The van der Waals surface area contributed by atoms with E-state index in [1.807, 2.05) is 30.3 Å². The Labute approximate surface area is 149 Å². The highest BCUT2D eigenvalue weighted by Crippen LogP contribution is 2.35. The topological polar surface area (TPSA) is 36.8 Å². The van der Waals surface area contributed by atoms with Crippen LogP contribution in [0.2, 0.25) is 0 Å². The Morgan fingerprint density at radius 3 is 2.40 bits per heavy atom. The van der Waals surface area contributed by atoms with E-state index in [9.17, 15) is 0 Å². The van der Waals surface area contributed by atoms with Gasteiger partial charge in [-0.25, -0.2) is 0 Å². The van der Waals surface area contributed by atoms with E-state index in [4.69, 9.17) is 0 Å². The Bertz CT molecular complexity index is 825. The first-order chi connectivity index (χ1) is 12.4. The first kappa shape index (κ1) is 17.2. The van der Waals surface area contributed by atoms with Crippen LogP contribution in [0, 0.1) is 0 Å². The molecule has 3 nitrogen and oxygen atoms in total. The van der Waals surface area contributed by atoms with Gasteiger partial charge in [0.25, 0.3) is 0 Å². The van der Waals surface area contributed by atoms with Crippen molar-refractivity contribution in [2.45, 2.75) is 32.6 Å². The van der Waals surface area contributed by atoms with Gasteiger partial charge in [0.15, 0.2) is 0 Å². The van der Waals surface area contributed by atoms with E-state index in [1.54, 1.807) is 0 Å². The molecule has 0 atom stereocenters. The fraction of sp³-hybridized carbons (Fsp3) is 0.273. The maximum Gasteiger partial charge on any atom is 0.117 e. The van der Waals surface area contributed by atoms with Crippen molar-refractivity contribution in [3.8, 4) is 0 Å². The van der Waals surface area contributed by atoms with Gasteiger partial charge in [-0.15, -0.1) is 5.11 Å². The minimum Gasteiger partial charge on any atom is -0.383 e. The van der Waals surface area contributed by atoms with E-state index in [2.05, 4.69) is 58.9 Å². The van der Waals surface area contributed by atoms with Gasteiger partial charge in [-0.1, -0.05) is 74.7 Å². The Morgan fingerprint density at radius 2 is 1.56 bits per heavy atom. The molecule has 0 spiro atoms. The average Bonchev–Trinajstić information content (AvgIpc) is 2.67. The minimum atomic E-state index is 0.865. The van der Waals surface area contributed by atoms with Crippen LogP contribution in [-0.4, -0.2) is 6.54 Å². The summed E-state index contributed by atoms with van der Waals surface area (Å²) < 4.78 is 0. The molecule has 0 fully saturated rings. The molecular weight excluding hydrogens is 306 g/mol. The molecule has 25 heavy (non-hydrogen) atoms. The Hall–Kier alpha value is -2.68. The van der Waals surface area contributed by atoms with Gasteiger partial charge < -0.3 is 5.32 Å². The first-order valence-electron chi connectivity index (χ1n) is 9.11. The molecule has 3 heteroatoms. The van der Waals surface area contributed by atoms with Crippen molar-refractivity contribution in [3.05, 3.63) is 66.7 Å². The molecule has 0 aliphatic heterocycles. The lowest BCUT2D eigenvalue weighted by Gasteiger charge is -2.11. The van der Waals surface area contributed by atoms with Gasteiger partial charge in [-0.3, -0.25) is 0 Å². The van der Waals surface area contributed by atoms with Gasteiger partial charge in [0.05, 0.1) is 11.4 Å². The molecule has 0 aromatic heterocycles. The monoisotopic (exact) mass is 331 g/mol. The molecule has 3 rings (SSSR count). The molecule has 128 valence electrons. The maximum atomic E-state index is 4.58. The summed E-state index contributed by atoms with van der Waals surface area (Å²) in [6, 6.07) is 22.5. The molecule has 0 amide bonds. The predicted octanol–water partition coefficient (Wildman–Crippen LogP) is 7.25. The third-order valence-corrected chi connectivity index (χ3v) is 4.27.